The van der Waals surface area contributed by atoms with Crippen molar-refractivity contribution in [1.82, 2.24) is 15.6 Å². The van der Waals surface area contributed by atoms with E-state index in [0.717, 1.165) is 6.42 Å². The molecule has 0 bridgehead atoms. The highest BCUT2D eigenvalue weighted by Crippen LogP contribution is 2.03. The number of carbonyl (C=O) groups is 2. The molecule has 5 heteroatoms. The number of nitrogens with one attached hydrogen (secondary N) is 2. The molecule has 1 aromatic heterocycles. The van der Waals surface area contributed by atoms with Crippen LogP contribution in [0.3, 0.4) is 0 Å². The van der Waals surface area contributed by atoms with Crippen molar-refractivity contribution < 1.29 is 9.59 Å². The molecule has 1 aromatic rings. The van der Waals surface area contributed by atoms with Gasteiger partial charge in [-0.25, -0.2) is 0 Å². The minimum absolute atomic E-state index is 0.0960. The van der Waals surface area contributed by atoms with Crippen molar-refractivity contribution in [2.45, 2.75) is 26.3 Å². The van der Waals surface area contributed by atoms with Gasteiger partial charge in [-0.3, -0.25) is 14.6 Å². The van der Waals surface area contributed by atoms with Crippen molar-refractivity contribution in [3.05, 3.63) is 42.2 Å². The molecular weight excluding hydrogens is 242 g/mol. The van der Waals surface area contributed by atoms with Gasteiger partial charge in [0.05, 0.1) is 0 Å². The lowest BCUT2D eigenvalue weighted by molar-refractivity contribution is 0.0939. The molecule has 1 rings (SSSR count). The Morgan fingerprint density at radius 1 is 1.47 bits per heavy atom. The Kier molecular flexibility index (Phi) is 5.73. The quantitative estimate of drug-likeness (QED) is 0.763. The average Bonchev–Trinajstić information content (AvgIpc) is 2.44. The zero-order valence-electron chi connectivity index (χ0n) is 11.3. The molecule has 2 amide bonds. The van der Waals surface area contributed by atoms with Gasteiger partial charge in [-0.05, 0) is 25.5 Å². The van der Waals surface area contributed by atoms with Crippen LogP contribution < -0.4 is 10.6 Å². The molecule has 19 heavy (non-hydrogen) atoms. The van der Waals surface area contributed by atoms with Crippen LogP contribution in [-0.4, -0.2) is 29.4 Å². The molecule has 0 aromatic carbocycles. The summed E-state index contributed by atoms with van der Waals surface area (Å²) in [6.07, 6.45) is 3.88. The molecule has 1 unspecified atom stereocenters. The molecule has 0 radical (unpaired) electrons. The van der Waals surface area contributed by atoms with Gasteiger partial charge in [-0.2, -0.15) is 0 Å². The first-order chi connectivity index (χ1) is 9.08. The fourth-order valence-corrected chi connectivity index (χ4v) is 1.36. The molecule has 0 aliphatic carbocycles. The van der Waals surface area contributed by atoms with Crippen molar-refractivity contribution in [2.24, 2.45) is 0 Å². The minimum atomic E-state index is -0.321. The van der Waals surface area contributed by atoms with Crippen molar-refractivity contribution in [2.75, 3.05) is 6.54 Å². The van der Waals surface area contributed by atoms with E-state index < -0.39 is 0 Å². The number of hydrogen-bond donors (Lipinski definition) is 2. The van der Waals surface area contributed by atoms with Gasteiger partial charge in [-0.1, -0.05) is 13.0 Å². The van der Waals surface area contributed by atoms with Crippen LogP contribution in [-0.2, 0) is 0 Å². The fraction of sp³-hybridized carbons (Fsp3) is 0.357. The number of nitrogens with zero attached hydrogens (tertiary/aromatic N) is 1. The first-order valence-electron chi connectivity index (χ1n) is 6.24. The molecule has 0 aliphatic heterocycles. The van der Waals surface area contributed by atoms with Gasteiger partial charge in [0, 0.05) is 24.3 Å². The summed E-state index contributed by atoms with van der Waals surface area (Å²) in [4.78, 5) is 27.6. The van der Waals surface area contributed by atoms with Crippen molar-refractivity contribution in [1.29, 1.82) is 0 Å². The van der Waals surface area contributed by atoms with E-state index in [1.807, 2.05) is 13.8 Å². The number of aromatic nitrogens is 1. The Morgan fingerprint density at radius 2 is 2.21 bits per heavy atom. The van der Waals surface area contributed by atoms with Crippen LogP contribution in [0.2, 0.25) is 0 Å². The zero-order valence-corrected chi connectivity index (χ0v) is 11.3. The summed E-state index contributed by atoms with van der Waals surface area (Å²) in [5, 5.41) is 5.46. The maximum absolute atomic E-state index is 11.9. The van der Waals surface area contributed by atoms with Crippen LogP contribution >= 0.6 is 0 Å². The van der Waals surface area contributed by atoms with Crippen LogP contribution in [0.25, 0.3) is 0 Å². The van der Waals surface area contributed by atoms with Gasteiger partial charge in [-0.15, -0.1) is 6.58 Å². The maximum atomic E-state index is 11.9. The first kappa shape index (κ1) is 14.9. The van der Waals surface area contributed by atoms with Gasteiger partial charge in [0.1, 0.15) is 5.69 Å². The maximum Gasteiger partial charge on any atom is 0.270 e. The standard InChI is InChI=1S/C14H19N3O2/c1-4-7-16-14(19)12-9-11(6-8-15-12)13(18)17-10(3)5-2/h4,6,8-10H,1,5,7H2,2-3H3,(H,16,19)(H,17,18). The number of rotatable bonds is 6. The van der Waals surface area contributed by atoms with Crippen LogP contribution in [0.15, 0.2) is 31.0 Å². The van der Waals surface area contributed by atoms with E-state index in [1.165, 1.54) is 12.3 Å². The molecule has 2 N–H and O–H groups in total. The lowest BCUT2D eigenvalue weighted by Gasteiger charge is -2.11. The highest BCUT2D eigenvalue weighted by molar-refractivity contribution is 5.98. The highest BCUT2D eigenvalue weighted by atomic mass is 16.2. The van der Waals surface area contributed by atoms with E-state index in [9.17, 15) is 9.59 Å². The van der Waals surface area contributed by atoms with E-state index >= 15 is 0 Å². The Morgan fingerprint density at radius 3 is 2.84 bits per heavy atom. The van der Waals surface area contributed by atoms with Crippen LogP contribution in [0.5, 0.6) is 0 Å². The Bertz CT molecular complexity index is 472. The topological polar surface area (TPSA) is 71.1 Å². The monoisotopic (exact) mass is 261 g/mol. The Balaban J connectivity index is 2.79. The second kappa shape index (κ2) is 7.31. The summed E-state index contributed by atoms with van der Waals surface area (Å²) in [7, 11) is 0. The Hall–Kier alpha value is -2.17. The molecular formula is C14H19N3O2. The molecule has 1 atom stereocenters. The molecule has 102 valence electrons. The van der Waals surface area contributed by atoms with E-state index in [1.54, 1.807) is 12.1 Å². The van der Waals surface area contributed by atoms with E-state index in [-0.39, 0.29) is 23.6 Å². The summed E-state index contributed by atoms with van der Waals surface area (Å²) in [6.45, 7) is 7.80. The third-order valence-electron chi connectivity index (χ3n) is 2.65. The van der Waals surface area contributed by atoms with Gasteiger partial charge >= 0.3 is 0 Å². The number of pyridine rings is 1. The summed E-state index contributed by atoms with van der Waals surface area (Å²) in [5.74, 6) is -0.521. The molecule has 0 spiro atoms. The normalized spacial score (nSPS) is 11.5. The van der Waals surface area contributed by atoms with Gasteiger partial charge in [0.15, 0.2) is 0 Å². The predicted octanol–water partition coefficient (Wildman–Crippen LogP) is 1.53. The first-order valence-corrected chi connectivity index (χ1v) is 6.24. The largest absolute Gasteiger partial charge is 0.350 e. The zero-order chi connectivity index (χ0) is 14.3. The van der Waals surface area contributed by atoms with Gasteiger partial charge in [0.2, 0.25) is 0 Å². The lowest BCUT2D eigenvalue weighted by Crippen LogP contribution is -2.32. The molecule has 0 saturated heterocycles. The molecule has 1 heterocycles. The third-order valence-corrected chi connectivity index (χ3v) is 2.65. The van der Waals surface area contributed by atoms with Gasteiger partial charge in [0.25, 0.3) is 11.8 Å². The Labute approximate surface area is 113 Å². The summed E-state index contributed by atoms with van der Waals surface area (Å²) in [5.41, 5.74) is 0.651. The summed E-state index contributed by atoms with van der Waals surface area (Å²) >= 11 is 0. The minimum Gasteiger partial charge on any atom is -0.350 e. The van der Waals surface area contributed by atoms with Crippen molar-refractivity contribution in [3.8, 4) is 0 Å². The second-order valence-electron chi connectivity index (χ2n) is 4.21. The average molecular weight is 261 g/mol. The third kappa shape index (κ3) is 4.54. The van der Waals surface area contributed by atoms with Crippen LogP contribution in [0.1, 0.15) is 41.1 Å². The molecule has 0 saturated carbocycles. The molecule has 0 aliphatic rings. The van der Waals surface area contributed by atoms with Crippen molar-refractivity contribution in [3.63, 3.8) is 0 Å². The smallest absolute Gasteiger partial charge is 0.270 e. The number of hydrogen-bond acceptors (Lipinski definition) is 3. The summed E-state index contributed by atoms with van der Waals surface area (Å²) in [6, 6.07) is 3.16. The highest BCUT2D eigenvalue weighted by Gasteiger charge is 2.12. The number of carbonyl (C=O) groups excluding carboxylic acids is 2. The van der Waals surface area contributed by atoms with Crippen molar-refractivity contribution >= 4 is 11.8 Å². The predicted molar refractivity (Wildman–Crippen MR) is 74.0 cm³/mol. The number of amides is 2. The SMILES string of the molecule is C=CCNC(=O)c1cc(C(=O)NC(C)CC)ccn1. The van der Waals surface area contributed by atoms with E-state index in [0.29, 0.717) is 12.1 Å². The van der Waals surface area contributed by atoms with E-state index in [4.69, 9.17) is 0 Å². The fourth-order valence-electron chi connectivity index (χ4n) is 1.36. The molecule has 5 nitrogen and oxygen atoms in total. The van der Waals surface area contributed by atoms with Crippen LogP contribution in [0.4, 0.5) is 0 Å². The summed E-state index contributed by atoms with van der Waals surface area (Å²) < 4.78 is 0. The van der Waals surface area contributed by atoms with Gasteiger partial charge < -0.3 is 10.6 Å². The second-order valence-corrected chi connectivity index (χ2v) is 4.21. The molecule has 0 fully saturated rings. The lowest BCUT2D eigenvalue weighted by atomic mass is 10.2. The van der Waals surface area contributed by atoms with Crippen LogP contribution in [0, 0.1) is 0 Å². The van der Waals surface area contributed by atoms with E-state index in [2.05, 4.69) is 22.2 Å².